The first-order chi connectivity index (χ1) is 23.9. The van der Waals surface area contributed by atoms with E-state index in [0.717, 1.165) is 7.11 Å². The molecule has 4 bridgehead atoms. The highest BCUT2D eigenvalue weighted by molar-refractivity contribution is 5.88. The van der Waals surface area contributed by atoms with Crippen LogP contribution in [-0.2, 0) is 61.8 Å². The summed E-state index contributed by atoms with van der Waals surface area (Å²) in [4.78, 5) is 54.8. The highest BCUT2D eigenvalue weighted by Gasteiger charge is 2.96. The predicted molar refractivity (Wildman–Crippen MR) is 164 cm³/mol. The van der Waals surface area contributed by atoms with Gasteiger partial charge in [-0.15, -0.1) is 0 Å². The van der Waals surface area contributed by atoms with Gasteiger partial charge in [0, 0.05) is 42.1 Å². The highest BCUT2D eigenvalue weighted by atomic mass is 16.8. The van der Waals surface area contributed by atoms with Crippen LogP contribution in [-0.4, -0.2) is 126 Å². The summed E-state index contributed by atoms with van der Waals surface area (Å²) in [5, 5.41) is 38.5. The molecule has 3 saturated carbocycles. The molecule has 0 aromatic heterocycles. The first-order valence-corrected chi connectivity index (χ1v) is 17.2. The molecule has 51 heavy (non-hydrogen) atoms. The maximum absolute atomic E-state index is 14.4. The second kappa shape index (κ2) is 10.5. The van der Waals surface area contributed by atoms with Crippen molar-refractivity contribution in [3.8, 4) is 0 Å². The number of carbonyl (C=O) groups excluding carboxylic acids is 4. The number of hydrogen-bond acceptors (Lipinski definition) is 16. The summed E-state index contributed by atoms with van der Waals surface area (Å²) in [6.45, 7) is 6.71. The molecule has 0 amide bonds. The first kappa shape index (κ1) is 34.9. The molecule has 0 aromatic rings. The van der Waals surface area contributed by atoms with Crippen molar-refractivity contribution in [2.45, 2.75) is 107 Å². The molecule has 280 valence electrons. The lowest BCUT2D eigenvalue weighted by atomic mass is 9.35. The van der Waals surface area contributed by atoms with Crippen molar-refractivity contribution in [3.63, 3.8) is 0 Å². The number of fused-ring (bicyclic) bond motifs is 7. The fraction of sp³-hybridized carbons (Fsp3) is 0.771. The van der Waals surface area contributed by atoms with Crippen molar-refractivity contribution in [2.75, 3.05) is 27.4 Å². The van der Waals surface area contributed by atoms with Gasteiger partial charge in [-0.05, 0) is 33.3 Å². The summed E-state index contributed by atoms with van der Waals surface area (Å²) in [6.07, 6.45) is -3.94. The Kier molecular flexibility index (Phi) is 7.20. The third-order valence-electron chi connectivity index (χ3n) is 14.2. The van der Waals surface area contributed by atoms with E-state index < -0.39 is 124 Å². The Morgan fingerprint density at radius 2 is 1.67 bits per heavy atom. The van der Waals surface area contributed by atoms with Gasteiger partial charge in [0.05, 0.1) is 57.4 Å². The van der Waals surface area contributed by atoms with E-state index in [0.29, 0.717) is 0 Å². The average Bonchev–Trinajstić information content (AvgIpc) is 3.83. The molecule has 5 aliphatic heterocycles. The van der Waals surface area contributed by atoms with Gasteiger partial charge in [-0.3, -0.25) is 9.59 Å². The third-order valence-corrected chi connectivity index (χ3v) is 14.2. The van der Waals surface area contributed by atoms with E-state index in [9.17, 15) is 34.5 Å². The Morgan fingerprint density at radius 3 is 2.31 bits per heavy atom. The smallest absolute Gasteiger partial charge is 0.366 e. The van der Waals surface area contributed by atoms with E-state index in [1.165, 1.54) is 33.3 Å². The number of esters is 4. The summed E-state index contributed by atoms with van der Waals surface area (Å²) in [7, 11) is 2.30. The summed E-state index contributed by atoms with van der Waals surface area (Å²) in [6, 6.07) is 0. The monoisotopic (exact) mass is 720 g/mol. The van der Waals surface area contributed by atoms with Crippen LogP contribution in [0.4, 0.5) is 0 Å². The Balaban J connectivity index is 1.42. The zero-order valence-electron chi connectivity index (χ0n) is 29.4. The van der Waals surface area contributed by atoms with Crippen LogP contribution in [0.1, 0.15) is 47.5 Å². The molecule has 3 N–H and O–H groups in total. The Bertz CT molecular complexity index is 1660. The largest absolute Gasteiger partial charge is 0.469 e. The van der Waals surface area contributed by atoms with Gasteiger partial charge in [0.1, 0.15) is 28.8 Å². The van der Waals surface area contributed by atoms with Gasteiger partial charge in [-0.25, -0.2) is 9.59 Å². The molecule has 5 heterocycles. The van der Waals surface area contributed by atoms with Crippen molar-refractivity contribution < 1.29 is 77.1 Å². The predicted octanol–water partition coefficient (Wildman–Crippen LogP) is -0.203. The Labute approximate surface area is 293 Å². The number of allylic oxidation sites excluding steroid dienone is 1. The molecule has 8 aliphatic rings. The van der Waals surface area contributed by atoms with Gasteiger partial charge >= 0.3 is 23.9 Å². The summed E-state index contributed by atoms with van der Waals surface area (Å²) >= 11 is 0. The molecule has 0 radical (unpaired) electrons. The molecule has 0 spiro atoms. The van der Waals surface area contributed by atoms with Gasteiger partial charge < -0.3 is 58.0 Å². The number of hydrogen-bond donors (Lipinski definition) is 3. The zero-order valence-corrected chi connectivity index (χ0v) is 29.4. The average molecular weight is 721 g/mol. The van der Waals surface area contributed by atoms with Crippen LogP contribution < -0.4 is 0 Å². The molecule has 7 fully saturated rings. The van der Waals surface area contributed by atoms with E-state index in [-0.39, 0.29) is 25.0 Å². The van der Waals surface area contributed by atoms with E-state index in [1.54, 1.807) is 26.8 Å². The van der Waals surface area contributed by atoms with Gasteiger partial charge in [0.15, 0.2) is 5.60 Å². The van der Waals surface area contributed by atoms with Crippen LogP contribution in [0.5, 0.6) is 0 Å². The van der Waals surface area contributed by atoms with Crippen molar-refractivity contribution in [2.24, 2.45) is 34.0 Å². The van der Waals surface area contributed by atoms with E-state index in [1.807, 2.05) is 0 Å². The normalized spacial score (nSPS) is 53.9. The second-order valence-electron chi connectivity index (χ2n) is 15.8. The van der Waals surface area contributed by atoms with Gasteiger partial charge in [-0.2, -0.15) is 0 Å². The molecule has 16 nitrogen and oxygen atoms in total. The molecule has 16 atom stereocenters. The lowest BCUT2D eigenvalue weighted by molar-refractivity contribution is -0.410. The lowest BCUT2D eigenvalue weighted by Crippen LogP contribution is -2.86. The molecular formula is C35H44O16. The SMILES string of the molecule is C/C=C(/C)C(=O)O[C@@H]1C[C@H](OC(C)=O)[C@]2(C(=O)OC)CO[C@H]3[C@@H](O)[C@]45CO[C@@](C(=O)OC)(O[C@]6(C)[C@H]7C[C@@H](O[C@H]8OC=C[C@]87O)[C@@]46O)[C@H]5[C@@]1(C)[C@@H]32. The van der Waals surface area contributed by atoms with Crippen molar-refractivity contribution in [3.05, 3.63) is 24.0 Å². The van der Waals surface area contributed by atoms with E-state index >= 15 is 0 Å². The van der Waals surface area contributed by atoms with Crippen LogP contribution in [0.3, 0.4) is 0 Å². The van der Waals surface area contributed by atoms with Crippen molar-refractivity contribution >= 4 is 23.9 Å². The zero-order chi connectivity index (χ0) is 36.9. The van der Waals surface area contributed by atoms with Gasteiger partial charge in [-0.1, -0.05) is 13.0 Å². The number of ether oxygens (including phenoxy) is 9. The highest BCUT2D eigenvalue weighted by Crippen LogP contribution is 2.81. The molecule has 0 unspecified atom stereocenters. The minimum Gasteiger partial charge on any atom is -0.469 e. The van der Waals surface area contributed by atoms with Gasteiger partial charge in [0.25, 0.3) is 5.79 Å². The van der Waals surface area contributed by atoms with Crippen LogP contribution >= 0.6 is 0 Å². The van der Waals surface area contributed by atoms with Crippen LogP contribution in [0.15, 0.2) is 24.0 Å². The molecule has 3 aliphatic carbocycles. The fourth-order valence-electron chi connectivity index (χ4n) is 12.2. The number of methoxy groups -OCH3 is 2. The van der Waals surface area contributed by atoms with Crippen LogP contribution in [0.2, 0.25) is 0 Å². The fourth-order valence-corrected chi connectivity index (χ4v) is 12.2. The maximum atomic E-state index is 14.4. The first-order valence-electron chi connectivity index (χ1n) is 17.2. The summed E-state index contributed by atoms with van der Waals surface area (Å²) < 4.78 is 54.5. The third kappa shape index (κ3) is 3.56. The van der Waals surface area contributed by atoms with Crippen LogP contribution in [0, 0.1) is 34.0 Å². The van der Waals surface area contributed by atoms with Crippen LogP contribution in [0.25, 0.3) is 0 Å². The lowest BCUT2D eigenvalue weighted by Gasteiger charge is -2.71. The Morgan fingerprint density at radius 1 is 0.961 bits per heavy atom. The maximum Gasteiger partial charge on any atom is 0.366 e. The molecule has 8 rings (SSSR count). The molecule has 16 heteroatoms. The van der Waals surface area contributed by atoms with Crippen molar-refractivity contribution in [1.82, 2.24) is 0 Å². The summed E-state index contributed by atoms with van der Waals surface area (Å²) in [5.74, 6) is -9.30. The summed E-state index contributed by atoms with van der Waals surface area (Å²) in [5.41, 5.74) is -11.0. The standard InChI is InChI=1S/C35H44O16/c1-8-15(2)24(38)49-18-12-19(48-16(3)36)31(26(39)43-6)13-46-21-22(31)29(18,4)25-32(23(21)37)14-47-34(25,27(40)44-7)51-30(5)17-11-20(35(30,32)42)50-28-33(17,41)9-10-45-28/h8-10,17-23,25,28,37,41-42H,11-14H2,1-7H3/b15-8-/t17-,18-,19+,20-,21-,22-,23-,25+,28-,29-,30-,31-,32+,33-,34-,35+/m1/s1. The Hall–Kier alpha value is -3.12. The number of aliphatic hydroxyl groups is 3. The van der Waals surface area contributed by atoms with E-state index in [4.69, 9.17) is 42.6 Å². The number of carbonyl (C=O) groups is 4. The number of aliphatic hydroxyl groups excluding tert-OH is 1. The van der Waals surface area contributed by atoms with Crippen molar-refractivity contribution in [1.29, 1.82) is 0 Å². The minimum absolute atomic E-state index is 0.0251. The minimum atomic E-state index is -2.41. The molecular weight excluding hydrogens is 676 g/mol. The quantitative estimate of drug-likeness (QED) is 0.191. The van der Waals surface area contributed by atoms with Gasteiger partial charge in [0.2, 0.25) is 6.29 Å². The molecule has 0 aromatic carbocycles. The number of rotatable bonds is 5. The molecule has 4 saturated heterocycles. The topological polar surface area (TPSA) is 212 Å². The second-order valence-corrected chi connectivity index (χ2v) is 15.8. The van der Waals surface area contributed by atoms with E-state index in [2.05, 4.69) is 0 Å².